The zero-order valence-electron chi connectivity index (χ0n) is 12.0. The van der Waals surface area contributed by atoms with Crippen LogP contribution in [0.5, 0.6) is 5.88 Å². The molecule has 0 bridgehead atoms. The highest BCUT2D eigenvalue weighted by atomic mass is 16.5. The van der Waals surface area contributed by atoms with Crippen LogP contribution in [0.25, 0.3) is 0 Å². The normalized spacial score (nSPS) is 10.5. The molecule has 0 fully saturated rings. The van der Waals surface area contributed by atoms with Gasteiger partial charge in [-0.3, -0.25) is 4.68 Å². The van der Waals surface area contributed by atoms with Crippen molar-refractivity contribution in [2.24, 2.45) is 7.05 Å². The molecule has 0 aliphatic rings. The molecular formula is C14H21N5O. The van der Waals surface area contributed by atoms with Crippen LogP contribution in [0, 0.1) is 0 Å². The number of nitrogens with zero attached hydrogens (tertiary/aromatic N) is 3. The number of ether oxygens (including phenoxy) is 1. The van der Waals surface area contributed by atoms with Gasteiger partial charge >= 0.3 is 0 Å². The topological polar surface area (TPSA) is 78.0 Å². The minimum atomic E-state index is 0.498. The van der Waals surface area contributed by atoms with Crippen molar-refractivity contribution in [3.63, 3.8) is 0 Å². The molecule has 0 saturated heterocycles. The summed E-state index contributed by atoms with van der Waals surface area (Å²) in [7, 11) is 1.94. The number of anilines is 2. The number of nitrogen functional groups attached to an aromatic ring is 1. The van der Waals surface area contributed by atoms with E-state index in [4.69, 9.17) is 10.5 Å². The van der Waals surface area contributed by atoms with Crippen molar-refractivity contribution in [3.8, 4) is 5.88 Å². The zero-order chi connectivity index (χ0) is 14.4. The van der Waals surface area contributed by atoms with Crippen molar-refractivity contribution in [1.82, 2.24) is 14.8 Å². The summed E-state index contributed by atoms with van der Waals surface area (Å²) >= 11 is 0. The summed E-state index contributed by atoms with van der Waals surface area (Å²) in [5.74, 6) is 1.27. The smallest absolute Gasteiger partial charge is 0.239 e. The van der Waals surface area contributed by atoms with Gasteiger partial charge in [0.05, 0.1) is 12.3 Å². The van der Waals surface area contributed by atoms with Gasteiger partial charge in [0.2, 0.25) is 5.88 Å². The first-order valence-corrected chi connectivity index (χ1v) is 6.80. The molecule has 2 aromatic rings. The zero-order valence-corrected chi connectivity index (χ0v) is 12.0. The quantitative estimate of drug-likeness (QED) is 0.806. The molecule has 0 radical (unpaired) electrons. The molecule has 6 nitrogen and oxygen atoms in total. The van der Waals surface area contributed by atoms with Crippen LogP contribution in [-0.2, 0) is 13.5 Å². The number of aryl methyl sites for hydroxylation is 1. The van der Waals surface area contributed by atoms with E-state index in [1.807, 2.05) is 36.9 Å². The number of nitrogens with one attached hydrogen (secondary N) is 1. The van der Waals surface area contributed by atoms with Gasteiger partial charge in [0.25, 0.3) is 0 Å². The van der Waals surface area contributed by atoms with Gasteiger partial charge in [-0.15, -0.1) is 0 Å². The second-order valence-corrected chi connectivity index (χ2v) is 4.56. The average Bonchev–Trinajstić information content (AvgIpc) is 2.85. The van der Waals surface area contributed by atoms with Crippen LogP contribution in [0.2, 0.25) is 0 Å². The largest absolute Gasteiger partial charge is 0.476 e. The molecule has 0 unspecified atom stereocenters. The summed E-state index contributed by atoms with van der Waals surface area (Å²) in [6, 6.07) is 5.68. The fourth-order valence-corrected chi connectivity index (χ4v) is 1.83. The van der Waals surface area contributed by atoms with Crippen molar-refractivity contribution < 1.29 is 4.74 Å². The summed E-state index contributed by atoms with van der Waals surface area (Å²) in [5, 5.41) is 7.40. The van der Waals surface area contributed by atoms with E-state index in [1.165, 1.54) is 5.69 Å². The predicted molar refractivity (Wildman–Crippen MR) is 79.8 cm³/mol. The van der Waals surface area contributed by atoms with Crippen LogP contribution in [0.3, 0.4) is 0 Å². The van der Waals surface area contributed by atoms with Crippen LogP contribution in [0.15, 0.2) is 24.4 Å². The average molecular weight is 275 g/mol. The lowest BCUT2D eigenvalue weighted by Crippen LogP contribution is -2.10. The Kier molecular flexibility index (Phi) is 4.81. The summed E-state index contributed by atoms with van der Waals surface area (Å²) in [4.78, 5) is 4.37. The number of hydrogen-bond acceptors (Lipinski definition) is 5. The van der Waals surface area contributed by atoms with Gasteiger partial charge in [-0.25, -0.2) is 0 Å². The minimum absolute atomic E-state index is 0.498. The van der Waals surface area contributed by atoms with Crippen LogP contribution in [0.4, 0.5) is 11.5 Å². The van der Waals surface area contributed by atoms with Crippen LogP contribution in [0.1, 0.15) is 19.0 Å². The molecule has 0 aliphatic heterocycles. The Hall–Kier alpha value is -2.24. The van der Waals surface area contributed by atoms with E-state index in [0.717, 1.165) is 25.2 Å². The Morgan fingerprint density at radius 2 is 2.20 bits per heavy atom. The van der Waals surface area contributed by atoms with Crippen molar-refractivity contribution in [3.05, 3.63) is 30.1 Å². The first kappa shape index (κ1) is 14.2. The van der Waals surface area contributed by atoms with Gasteiger partial charge in [-0.1, -0.05) is 6.92 Å². The van der Waals surface area contributed by atoms with Gasteiger partial charge in [0.15, 0.2) is 0 Å². The maximum absolute atomic E-state index is 5.83. The summed E-state index contributed by atoms with van der Waals surface area (Å²) in [5.41, 5.74) is 7.57. The van der Waals surface area contributed by atoms with E-state index in [9.17, 15) is 0 Å². The van der Waals surface area contributed by atoms with E-state index >= 15 is 0 Å². The molecule has 0 spiro atoms. The maximum atomic E-state index is 5.83. The van der Waals surface area contributed by atoms with Crippen molar-refractivity contribution >= 4 is 11.5 Å². The predicted octanol–water partition coefficient (Wildman–Crippen LogP) is 1.84. The Morgan fingerprint density at radius 1 is 1.35 bits per heavy atom. The van der Waals surface area contributed by atoms with E-state index in [1.54, 1.807) is 6.20 Å². The van der Waals surface area contributed by atoms with Gasteiger partial charge in [-0.05, 0) is 24.6 Å². The summed E-state index contributed by atoms with van der Waals surface area (Å²) < 4.78 is 7.38. The third kappa shape index (κ3) is 3.63. The fraction of sp³-hybridized carbons (Fsp3) is 0.429. The summed E-state index contributed by atoms with van der Waals surface area (Å²) in [6.45, 7) is 3.45. The van der Waals surface area contributed by atoms with E-state index in [0.29, 0.717) is 18.2 Å². The summed E-state index contributed by atoms with van der Waals surface area (Å²) in [6.07, 6.45) is 3.61. The van der Waals surface area contributed by atoms with Gasteiger partial charge in [-0.2, -0.15) is 10.1 Å². The highest BCUT2D eigenvalue weighted by molar-refractivity contribution is 5.53. The Bertz CT molecular complexity index is 552. The van der Waals surface area contributed by atoms with E-state index in [-0.39, 0.29) is 0 Å². The molecule has 20 heavy (non-hydrogen) atoms. The first-order valence-electron chi connectivity index (χ1n) is 6.80. The fourth-order valence-electron chi connectivity index (χ4n) is 1.83. The van der Waals surface area contributed by atoms with Crippen LogP contribution < -0.4 is 15.8 Å². The van der Waals surface area contributed by atoms with Crippen molar-refractivity contribution in [1.29, 1.82) is 0 Å². The third-order valence-electron chi connectivity index (χ3n) is 2.94. The SMILES string of the molecule is CCCOc1nc(NCCc2ccnn2C)ccc1N. The Balaban J connectivity index is 1.91. The number of hydrogen-bond donors (Lipinski definition) is 2. The molecule has 2 rings (SSSR count). The van der Waals surface area contributed by atoms with Gasteiger partial charge in [0, 0.05) is 31.9 Å². The lowest BCUT2D eigenvalue weighted by molar-refractivity contribution is 0.307. The first-order chi connectivity index (χ1) is 9.70. The molecular weight excluding hydrogens is 254 g/mol. The molecule has 2 aromatic heterocycles. The lowest BCUT2D eigenvalue weighted by Gasteiger charge is -2.10. The molecule has 0 atom stereocenters. The standard InChI is InChI=1S/C14H21N5O/c1-3-10-20-14-12(15)4-5-13(18-14)16-8-6-11-7-9-17-19(11)2/h4-5,7,9H,3,6,8,10,15H2,1-2H3,(H,16,18). The van der Waals surface area contributed by atoms with Crippen LogP contribution >= 0.6 is 0 Å². The maximum Gasteiger partial charge on any atom is 0.239 e. The number of nitrogens with two attached hydrogens (primary N) is 1. The second kappa shape index (κ2) is 6.79. The number of pyridine rings is 1. The molecule has 0 aliphatic carbocycles. The lowest BCUT2D eigenvalue weighted by atomic mass is 10.3. The Morgan fingerprint density at radius 3 is 2.90 bits per heavy atom. The van der Waals surface area contributed by atoms with E-state index in [2.05, 4.69) is 15.4 Å². The highest BCUT2D eigenvalue weighted by Crippen LogP contribution is 2.20. The molecule has 0 saturated carbocycles. The second-order valence-electron chi connectivity index (χ2n) is 4.56. The number of aromatic nitrogens is 3. The molecule has 3 N–H and O–H groups in total. The molecule has 6 heteroatoms. The van der Waals surface area contributed by atoms with Gasteiger partial charge < -0.3 is 15.8 Å². The van der Waals surface area contributed by atoms with E-state index < -0.39 is 0 Å². The van der Waals surface area contributed by atoms with Crippen molar-refractivity contribution in [2.45, 2.75) is 19.8 Å². The number of rotatable bonds is 7. The molecule has 2 heterocycles. The van der Waals surface area contributed by atoms with Crippen molar-refractivity contribution in [2.75, 3.05) is 24.2 Å². The third-order valence-corrected chi connectivity index (χ3v) is 2.94. The van der Waals surface area contributed by atoms with Gasteiger partial charge in [0.1, 0.15) is 5.82 Å². The molecule has 0 amide bonds. The van der Waals surface area contributed by atoms with Crippen LogP contribution in [-0.4, -0.2) is 27.9 Å². The minimum Gasteiger partial charge on any atom is -0.476 e. The highest BCUT2D eigenvalue weighted by Gasteiger charge is 2.04. The Labute approximate surface area is 119 Å². The molecule has 108 valence electrons. The molecule has 0 aromatic carbocycles. The monoisotopic (exact) mass is 275 g/mol.